The molecular weight excluding hydrogens is 386 g/mol. The van der Waals surface area contributed by atoms with Crippen LogP contribution >= 0.6 is 11.8 Å². The van der Waals surface area contributed by atoms with Crippen molar-refractivity contribution in [2.45, 2.75) is 58.3 Å². The Bertz CT molecular complexity index is 699. The largest absolute Gasteiger partial charge is 0.497 e. The van der Waals surface area contributed by atoms with Gasteiger partial charge < -0.3 is 9.84 Å². The number of rotatable bonds is 14. The molecule has 0 saturated heterocycles. The number of methoxy groups -OCH3 is 1. The van der Waals surface area contributed by atoms with E-state index >= 15 is 0 Å². The molecule has 0 radical (unpaired) electrons. The first-order chi connectivity index (χ1) is 14.1. The van der Waals surface area contributed by atoms with E-state index in [0.29, 0.717) is 34.1 Å². The fraction of sp³-hybridized carbons (Fsp3) is 0.565. The molecule has 29 heavy (non-hydrogen) atoms. The first-order valence-electron chi connectivity index (χ1n) is 10.6. The van der Waals surface area contributed by atoms with E-state index in [1.54, 1.807) is 31.4 Å². The highest BCUT2D eigenvalue weighted by molar-refractivity contribution is 8.04. The molecule has 0 fully saturated rings. The number of carbonyl (C=O) groups excluding carboxylic acids is 2. The van der Waals surface area contributed by atoms with E-state index in [1.807, 2.05) is 0 Å². The smallest absolute Gasteiger partial charge is 0.267 e. The van der Waals surface area contributed by atoms with Gasteiger partial charge in [-0.15, -0.1) is 11.8 Å². The summed E-state index contributed by atoms with van der Waals surface area (Å²) in [7, 11) is 1.59. The normalized spacial score (nSPS) is 14.2. The Morgan fingerprint density at radius 1 is 0.931 bits per heavy atom. The lowest BCUT2D eigenvalue weighted by atomic mass is 10.1. The SMILES string of the molecule is CCCCCCCCCCN1C(=O)C(SCCO)=C(c2ccc(OC)cc2)C1=O. The molecule has 0 aliphatic carbocycles. The van der Waals surface area contributed by atoms with Gasteiger partial charge in [0.15, 0.2) is 0 Å². The minimum absolute atomic E-state index is 0.0381. The number of imide groups is 1. The second kappa shape index (κ2) is 12.7. The second-order valence-corrected chi connectivity index (χ2v) is 8.35. The number of aliphatic hydroxyl groups is 1. The molecule has 6 heteroatoms. The molecule has 1 heterocycles. The molecule has 0 bridgehead atoms. The third-order valence-corrected chi connectivity index (χ3v) is 6.13. The molecule has 0 saturated carbocycles. The summed E-state index contributed by atoms with van der Waals surface area (Å²) in [6, 6.07) is 7.18. The van der Waals surface area contributed by atoms with Crippen LogP contribution in [0.15, 0.2) is 29.2 Å². The Hall–Kier alpha value is -1.79. The Balaban J connectivity index is 1.98. The van der Waals surface area contributed by atoms with Crippen LogP contribution in [0.1, 0.15) is 63.9 Å². The first kappa shape index (κ1) is 23.5. The maximum atomic E-state index is 13.0. The van der Waals surface area contributed by atoms with Crippen LogP contribution in [-0.2, 0) is 9.59 Å². The second-order valence-electron chi connectivity index (χ2n) is 7.24. The summed E-state index contributed by atoms with van der Waals surface area (Å²) in [5.41, 5.74) is 1.15. The third kappa shape index (κ3) is 6.61. The van der Waals surface area contributed by atoms with Crippen LogP contribution < -0.4 is 4.74 Å². The van der Waals surface area contributed by atoms with Gasteiger partial charge in [0.1, 0.15) is 5.75 Å². The Labute approximate surface area is 178 Å². The number of nitrogens with zero attached hydrogens (tertiary/aromatic N) is 1. The lowest BCUT2D eigenvalue weighted by molar-refractivity contribution is -0.136. The number of carbonyl (C=O) groups is 2. The standard InChI is InChI=1S/C23H33NO4S/c1-3-4-5-6-7-8-9-10-15-24-22(26)20(21(23(24)27)29-17-16-25)18-11-13-19(28-2)14-12-18/h11-14,25H,3-10,15-17H2,1-2H3. The molecule has 2 rings (SSSR count). The average Bonchev–Trinajstić information content (AvgIpc) is 2.98. The molecule has 1 aliphatic rings. The van der Waals surface area contributed by atoms with Gasteiger partial charge >= 0.3 is 0 Å². The van der Waals surface area contributed by atoms with E-state index in [4.69, 9.17) is 4.74 Å². The van der Waals surface area contributed by atoms with Crippen LogP contribution in [0.2, 0.25) is 0 Å². The number of amides is 2. The van der Waals surface area contributed by atoms with Crippen molar-refractivity contribution in [3.8, 4) is 5.75 Å². The average molecular weight is 420 g/mol. The van der Waals surface area contributed by atoms with Crippen molar-refractivity contribution in [2.75, 3.05) is 26.0 Å². The van der Waals surface area contributed by atoms with Crippen LogP contribution in [0.4, 0.5) is 0 Å². The monoisotopic (exact) mass is 419 g/mol. The van der Waals surface area contributed by atoms with Crippen molar-refractivity contribution in [1.82, 2.24) is 4.90 Å². The van der Waals surface area contributed by atoms with Crippen LogP contribution in [0.3, 0.4) is 0 Å². The predicted octanol–water partition coefficient (Wildman–Crippen LogP) is 4.64. The van der Waals surface area contributed by atoms with E-state index in [-0.39, 0.29) is 18.4 Å². The van der Waals surface area contributed by atoms with E-state index in [9.17, 15) is 14.7 Å². The number of benzene rings is 1. The highest BCUT2D eigenvalue weighted by Gasteiger charge is 2.38. The van der Waals surface area contributed by atoms with Crippen LogP contribution in [0.25, 0.3) is 5.57 Å². The molecule has 1 N–H and O–H groups in total. The number of thioether (sulfide) groups is 1. The van der Waals surface area contributed by atoms with E-state index in [1.165, 1.54) is 48.8 Å². The summed E-state index contributed by atoms with van der Waals surface area (Å²) in [5, 5.41) is 9.18. The lowest BCUT2D eigenvalue weighted by Gasteiger charge is -2.15. The molecule has 1 aliphatic heterocycles. The predicted molar refractivity (Wildman–Crippen MR) is 119 cm³/mol. The highest BCUT2D eigenvalue weighted by Crippen LogP contribution is 2.36. The zero-order valence-electron chi connectivity index (χ0n) is 17.6. The maximum absolute atomic E-state index is 13.0. The van der Waals surface area contributed by atoms with Gasteiger partial charge in [-0.1, -0.05) is 64.0 Å². The number of aliphatic hydroxyl groups excluding tert-OH is 1. The van der Waals surface area contributed by atoms with Crippen LogP contribution in [-0.4, -0.2) is 47.8 Å². The molecular formula is C23H33NO4S. The maximum Gasteiger partial charge on any atom is 0.267 e. The van der Waals surface area contributed by atoms with Crippen molar-refractivity contribution in [2.24, 2.45) is 0 Å². The van der Waals surface area contributed by atoms with Crippen molar-refractivity contribution < 1.29 is 19.4 Å². The van der Waals surface area contributed by atoms with E-state index in [0.717, 1.165) is 19.3 Å². The number of hydrogen-bond donors (Lipinski definition) is 1. The summed E-state index contributed by atoms with van der Waals surface area (Å²) in [6.07, 6.45) is 9.32. The lowest BCUT2D eigenvalue weighted by Crippen LogP contribution is -2.32. The minimum Gasteiger partial charge on any atom is -0.497 e. The first-order valence-corrected chi connectivity index (χ1v) is 11.6. The Morgan fingerprint density at radius 3 is 2.14 bits per heavy atom. The molecule has 0 spiro atoms. The van der Waals surface area contributed by atoms with Crippen molar-refractivity contribution in [3.05, 3.63) is 34.7 Å². The zero-order chi connectivity index (χ0) is 21.1. The summed E-state index contributed by atoms with van der Waals surface area (Å²) in [4.78, 5) is 27.7. The molecule has 1 aromatic rings. The Morgan fingerprint density at radius 2 is 1.55 bits per heavy atom. The number of unbranched alkanes of at least 4 members (excludes halogenated alkanes) is 7. The van der Waals surface area contributed by atoms with Gasteiger partial charge in [-0.2, -0.15) is 0 Å². The van der Waals surface area contributed by atoms with Crippen LogP contribution in [0, 0.1) is 0 Å². The molecule has 160 valence electrons. The third-order valence-electron chi connectivity index (χ3n) is 5.08. The fourth-order valence-corrected chi connectivity index (χ4v) is 4.33. The molecule has 2 amide bonds. The van der Waals surface area contributed by atoms with Crippen molar-refractivity contribution in [1.29, 1.82) is 0 Å². The number of ether oxygens (including phenoxy) is 1. The van der Waals surface area contributed by atoms with E-state index in [2.05, 4.69) is 6.92 Å². The van der Waals surface area contributed by atoms with Crippen molar-refractivity contribution >= 4 is 29.1 Å². The van der Waals surface area contributed by atoms with E-state index < -0.39 is 0 Å². The molecule has 5 nitrogen and oxygen atoms in total. The molecule has 0 aromatic heterocycles. The van der Waals surface area contributed by atoms with Gasteiger partial charge in [0, 0.05) is 12.3 Å². The molecule has 0 unspecified atom stereocenters. The fourth-order valence-electron chi connectivity index (χ4n) is 3.45. The number of hydrogen-bond acceptors (Lipinski definition) is 5. The van der Waals surface area contributed by atoms with Gasteiger partial charge in [0.2, 0.25) is 0 Å². The van der Waals surface area contributed by atoms with Gasteiger partial charge in [-0.25, -0.2) is 0 Å². The summed E-state index contributed by atoms with van der Waals surface area (Å²) in [5.74, 6) is 0.622. The summed E-state index contributed by atoms with van der Waals surface area (Å²) in [6.45, 7) is 2.63. The van der Waals surface area contributed by atoms with Gasteiger partial charge in [0.25, 0.3) is 11.8 Å². The topological polar surface area (TPSA) is 66.8 Å². The van der Waals surface area contributed by atoms with Gasteiger partial charge in [0.05, 0.1) is 24.2 Å². The highest BCUT2D eigenvalue weighted by atomic mass is 32.2. The van der Waals surface area contributed by atoms with Gasteiger partial charge in [-0.05, 0) is 24.1 Å². The van der Waals surface area contributed by atoms with Gasteiger partial charge in [-0.3, -0.25) is 14.5 Å². The molecule has 1 aromatic carbocycles. The summed E-state index contributed by atoms with van der Waals surface area (Å²) >= 11 is 1.25. The zero-order valence-corrected chi connectivity index (χ0v) is 18.4. The Kier molecular flexibility index (Phi) is 10.3. The van der Waals surface area contributed by atoms with Crippen molar-refractivity contribution in [3.63, 3.8) is 0 Å². The summed E-state index contributed by atoms with van der Waals surface area (Å²) < 4.78 is 5.18. The van der Waals surface area contributed by atoms with Crippen LogP contribution in [0.5, 0.6) is 5.75 Å². The molecule has 0 atom stereocenters. The minimum atomic E-state index is -0.234. The quantitative estimate of drug-likeness (QED) is 0.351.